The van der Waals surface area contributed by atoms with Crippen molar-refractivity contribution in [3.05, 3.63) is 23.8 Å². The van der Waals surface area contributed by atoms with Crippen molar-refractivity contribution in [2.45, 2.75) is 18.7 Å². The van der Waals surface area contributed by atoms with Crippen LogP contribution in [0.4, 0.5) is 0 Å². The fourth-order valence-corrected chi connectivity index (χ4v) is 3.74. The fraction of sp³-hybridized carbons (Fsp3) is 0.562. The molecule has 7 nitrogen and oxygen atoms in total. The van der Waals surface area contributed by atoms with Gasteiger partial charge in [0, 0.05) is 26.2 Å². The molecule has 1 aromatic carbocycles. The number of benzene rings is 1. The van der Waals surface area contributed by atoms with E-state index in [-0.39, 0.29) is 17.3 Å². The molecule has 8 heteroatoms. The number of hydrogen-bond donors (Lipinski definition) is 1. The van der Waals surface area contributed by atoms with Crippen molar-refractivity contribution in [2.75, 3.05) is 46.4 Å². The number of piperazine rings is 1. The maximum absolute atomic E-state index is 12.3. The number of nitrogens with one attached hydrogen (secondary N) is 1. The van der Waals surface area contributed by atoms with Gasteiger partial charge in [-0.25, -0.2) is 13.1 Å². The first kappa shape index (κ1) is 18.7. The fourth-order valence-electron chi connectivity index (χ4n) is 2.68. The van der Waals surface area contributed by atoms with E-state index in [2.05, 4.69) is 16.5 Å². The van der Waals surface area contributed by atoms with Crippen molar-refractivity contribution in [1.29, 1.82) is 0 Å². The summed E-state index contributed by atoms with van der Waals surface area (Å²) in [7, 11) is -2.19. The zero-order valence-corrected chi connectivity index (χ0v) is 15.2. The highest BCUT2D eigenvalue weighted by Crippen LogP contribution is 2.21. The number of methoxy groups -OCH3 is 1. The van der Waals surface area contributed by atoms with Crippen molar-refractivity contribution in [2.24, 2.45) is 0 Å². The predicted molar refractivity (Wildman–Crippen MR) is 91.6 cm³/mol. The molecule has 1 N–H and O–H groups in total. The first-order valence-electron chi connectivity index (χ1n) is 8.02. The van der Waals surface area contributed by atoms with E-state index in [1.807, 2.05) is 0 Å². The van der Waals surface area contributed by atoms with E-state index in [9.17, 15) is 13.2 Å². The number of ether oxygens (including phenoxy) is 1. The highest BCUT2D eigenvalue weighted by molar-refractivity contribution is 7.89. The Bertz CT molecular complexity index is 683. The van der Waals surface area contributed by atoms with Crippen molar-refractivity contribution in [3.63, 3.8) is 0 Å². The summed E-state index contributed by atoms with van der Waals surface area (Å²) < 4.78 is 32.2. The molecular formula is C16H25N3O4S. The Balaban J connectivity index is 1.95. The van der Waals surface area contributed by atoms with Gasteiger partial charge in [0.05, 0.1) is 18.6 Å². The number of carbonyl (C=O) groups excluding carboxylic acids is 1. The van der Waals surface area contributed by atoms with E-state index in [4.69, 9.17) is 4.74 Å². The number of aryl methyl sites for hydroxylation is 1. The summed E-state index contributed by atoms with van der Waals surface area (Å²) >= 11 is 0. The summed E-state index contributed by atoms with van der Waals surface area (Å²) in [6.45, 7) is 7.52. The molecule has 1 aliphatic rings. The lowest BCUT2D eigenvalue weighted by molar-refractivity contribution is -0.131. The molecule has 0 aliphatic carbocycles. The third kappa shape index (κ3) is 4.46. The minimum atomic E-state index is -3.72. The van der Waals surface area contributed by atoms with Crippen LogP contribution in [0, 0.1) is 6.92 Å². The SMILES string of the molecule is CCN1CCN(C(=O)CNS(=O)(=O)c2ccc(OC)c(C)c2)CC1. The monoisotopic (exact) mass is 355 g/mol. The minimum absolute atomic E-state index is 0.129. The van der Waals surface area contributed by atoms with Crippen LogP contribution < -0.4 is 9.46 Å². The second kappa shape index (κ2) is 7.96. The van der Waals surface area contributed by atoms with Crippen molar-refractivity contribution in [1.82, 2.24) is 14.5 Å². The highest BCUT2D eigenvalue weighted by atomic mass is 32.2. The first-order chi connectivity index (χ1) is 11.4. The summed E-state index contributed by atoms with van der Waals surface area (Å²) in [6.07, 6.45) is 0. The normalized spacial score (nSPS) is 16.2. The number of likely N-dealkylation sites (N-methyl/N-ethyl adjacent to an activating group) is 1. The summed E-state index contributed by atoms with van der Waals surface area (Å²) in [4.78, 5) is 16.3. The molecule has 1 fully saturated rings. The molecule has 0 aromatic heterocycles. The quantitative estimate of drug-likeness (QED) is 0.801. The Kier molecular flexibility index (Phi) is 6.20. The van der Waals surface area contributed by atoms with Crippen LogP contribution in [0.15, 0.2) is 23.1 Å². The lowest BCUT2D eigenvalue weighted by Gasteiger charge is -2.34. The zero-order chi connectivity index (χ0) is 17.7. The van der Waals surface area contributed by atoms with E-state index < -0.39 is 10.0 Å². The zero-order valence-electron chi connectivity index (χ0n) is 14.4. The summed E-state index contributed by atoms with van der Waals surface area (Å²) in [5.74, 6) is 0.429. The topological polar surface area (TPSA) is 79.0 Å². The van der Waals surface area contributed by atoms with E-state index in [0.29, 0.717) is 18.8 Å². The average Bonchev–Trinajstić information content (AvgIpc) is 2.59. The molecular weight excluding hydrogens is 330 g/mol. The molecule has 1 heterocycles. The van der Waals surface area contributed by atoms with Crippen LogP contribution in [0.1, 0.15) is 12.5 Å². The summed E-state index contributed by atoms with van der Waals surface area (Å²) in [5, 5.41) is 0. The van der Waals surface area contributed by atoms with Crippen LogP contribution in [-0.2, 0) is 14.8 Å². The third-order valence-corrected chi connectivity index (χ3v) is 5.66. The molecule has 134 valence electrons. The van der Waals surface area contributed by atoms with Gasteiger partial charge in [-0.05, 0) is 37.2 Å². The Morgan fingerprint density at radius 1 is 1.25 bits per heavy atom. The van der Waals surface area contributed by atoms with Crippen LogP contribution in [0.25, 0.3) is 0 Å². The van der Waals surface area contributed by atoms with Crippen molar-refractivity contribution < 1.29 is 17.9 Å². The van der Waals surface area contributed by atoms with Crippen LogP contribution in [0.3, 0.4) is 0 Å². The van der Waals surface area contributed by atoms with E-state index in [1.165, 1.54) is 19.2 Å². The van der Waals surface area contributed by atoms with Gasteiger partial charge in [0.1, 0.15) is 5.75 Å². The van der Waals surface area contributed by atoms with Crippen molar-refractivity contribution >= 4 is 15.9 Å². The van der Waals surface area contributed by atoms with Crippen LogP contribution in [0.5, 0.6) is 5.75 Å². The molecule has 0 unspecified atom stereocenters. The Labute approximate surface area is 143 Å². The molecule has 0 bridgehead atoms. The number of carbonyl (C=O) groups is 1. The van der Waals surface area contributed by atoms with E-state index in [1.54, 1.807) is 17.9 Å². The van der Waals surface area contributed by atoms with Gasteiger partial charge in [0.25, 0.3) is 0 Å². The predicted octanol–water partition coefficient (Wildman–Crippen LogP) is 0.446. The largest absolute Gasteiger partial charge is 0.496 e. The maximum Gasteiger partial charge on any atom is 0.241 e. The molecule has 0 radical (unpaired) electrons. The van der Waals surface area contributed by atoms with Gasteiger partial charge in [-0.1, -0.05) is 6.92 Å². The van der Waals surface area contributed by atoms with Crippen LogP contribution in [0.2, 0.25) is 0 Å². The van der Waals surface area contributed by atoms with E-state index in [0.717, 1.165) is 25.2 Å². The number of rotatable bonds is 6. The molecule has 2 rings (SSSR count). The highest BCUT2D eigenvalue weighted by Gasteiger charge is 2.22. The number of sulfonamides is 1. The first-order valence-corrected chi connectivity index (χ1v) is 9.50. The summed E-state index contributed by atoms with van der Waals surface area (Å²) in [6, 6.07) is 4.61. The molecule has 1 aromatic rings. The average molecular weight is 355 g/mol. The van der Waals surface area contributed by atoms with Gasteiger partial charge in [0.2, 0.25) is 15.9 Å². The van der Waals surface area contributed by atoms with Gasteiger partial charge in [-0.3, -0.25) is 4.79 Å². The second-order valence-corrected chi connectivity index (χ2v) is 7.54. The summed E-state index contributed by atoms with van der Waals surface area (Å²) in [5.41, 5.74) is 0.724. The maximum atomic E-state index is 12.3. The van der Waals surface area contributed by atoms with E-state index >= 15 is 0 Å². The minimum Gasteiger partial charge on any atom is -0.496 e. The van der Waals surface area contributed by atoms with Crippen LogP contribution >= 0.6 is 0 Å². The number of amides is 1. The standard InChI is InChI=1S/C16H25N3O4S/c1-4-18-7-9-19(10-8-18)16(20)12-17-24(21,22)14-5-6-15(23-3)13(2)11-14/h5-6,11,17H,4,7-10,12H2,1-3H3. The third-order valence-electron chi connectivity index (χ3n) is 4.26. The molecule has 0 saturated carbocycles. The molecule has 1 aliphatic heterocycles. The molecule has 0 spiro atoms. The van der Waals surface area contributed by atoms with Gasteiger partial charge >= 0.3 is 0 Å². The Morgan fingerprint density at radius 2 is 1.92 bits per heavy atom. The van der Waals surface area contributed by atoms with Crippen LogP contribution in [-0.4, -0.2) is 70.5 Å². The number of hydrogen-bond acceptors (Lipinski definition) is 5. The van der Waals surface area contributed by atoms with Gasteiger partial charge < -0.3 is 14.5 Å². The van der Waals surface area contributed by atoms with Gasteiger partial charge in [-0.2, -0.15) is 0 Å². The molecule has 1 saturated heterocycles. The lowest BCUT2D eigenvalue weighted by atomic mass is 10.2. The Morgan fingerprint density at radius 3 is 2.46 bits per heavy atom. The Hall–Kier alpha value is -1.64. The molecule has 0 atom stereocenters. The lowest BCUT2D eigenvalue weighted by Crippen LogP contribution is -2.51. The molecule has 24 heavy (non-hydrogen) atoms. The smallest absolute Gasteiger partial charge is 0.241 e. The second-order valence-electron chi connectivity index (χ2n) is 5.77. The van der Waals surface area contributed by atoms with Gasteiger partial charge in [-0.15, -0.1) is 0 Å². The van der Waals surface area contributed by atoms with Crippen molar-refractivity contribution in [3.8, 4) is 5.75 Å². The molecule has 1 amide bonds. The van der Waals surface area contributed by atoms with Gasteiger partial charge in [0.15, 0.2) is 0 Å². The number of nitrogens with zero attached hydrogens (tertiary/aromatic N) is 2.